The van der Waals surface area contributed by atoms with E-state index in [1.54, 1.807) is 24.7 Å². The van der Waals surface area contributed by atoms with Crippen LogP contribution in [0.4, 0.5) is 0 Å². The van der Waals surface area contributed by atoms with Crippen molar-refractivity contribution in [1.29, 1.82) is 0 Å². The molecule has 0 aliphatic rings. The molecule has 0 saturated heterocycles. The molecule has 1 aromatic carbocycles. The molecule has 7 heteroatoms. The van der Waals surface area contributed by atoms with Crippen LogP contribution in [0.5, 0.6) is 11.6 Å². The Morgan fingerprint density at radius 3 is 2.90 bits per heavy atom. The molecule has 0 atom stereocenters. The second-order valence-corrected chi connectivity index (χ2v) is 5.30. The van der Waals surface area contributed by atoms with Gasteiger partial charge in [0.15, 0.2) is 5.52 Å². The molecule has 0 amide bonds. The summed E-state index contributed by atoms with van der Waals surface area (Å²) in [5.41, 5.74) is 1.49. The minimum absolute atomic E-state index is 0.0547. The van der Waals surface area contributed by atoms with Gasteiger partial charge in [0.25, 0.3) is 0 Å². The van der Waals surface area contributed by atoms with Gasteiger partial charge in [-0.1, -0.05) is 15.9 Å². The van der Waals surface area contributed by atoms with Crippen molar-refractivity contribution in [2.24, 2.45) is 7.05 Å². The van der Waals surface area contributed by atoms with Crippen LogP contribution in [0.2, 0.25) is 0 Å². The fraction of sp³-hybridized carbons (Fsp3) is 0.0714. The quantitative estimate of drug-likeness (QED) is 0.786. The molecule has 0 aliphatic heterocycles. The average Bonchev–Trinajstić information content (AvgIpc) is 2.83. The Hall–Kier alpha value is -2.41. The molecule has 0 saturated carbocycles. The van der Waals surface area contributed by atoms with Crippen molar-refractivity contribution in [3.63, 3.8) is 0 Å². The molecule has 6 nitrogen and oxygen atoms in total. The summed E-state index contributed by atoms with van der Waals surface area (Å²) in [4.78, 5) is 19.7. The van der Waals surface area contributed by atoms with Crippen LogP contribution < -0.4 is 4.74 Å². The number of aryl methyl sites for hydroxylation is 1. The van der Waals surface area contributed by atoms with E-state index in [2.05, 4.69) is 25.9 Å². The third-order valence-electron chi connectivity index (χ3n) is 2.99. The van der Waals surface area contributed by atoms with Gasteiger partial charge in [-0.25, -0.2) is 14.8 Å². The van der Waals surface area contributed by atoms with E-state index in [1.165, 1.54) is 6.07 Å². The second kappa shape index (κ2) is 5.17. The van der Waals surface area contributed by atoms with Crippen molar-refractivity contribution in [3.8, 4) is 11.6 Å². The number of pyridine rings is 1. The lowest BCUT2D eigenvalue weighted by Crippen LogP contribution is -2.01. The third kappa shape index (κ3) is 2.47. The van der Waals surface area contributed by atoms with Gasteiger partial charge in [0.1, 0.15) is 11.3 Å². The maximum Gasteiger partial charge on any atom is 0.339 e. The van der Waals surface area contributed by atoms with Crippen molar-refractivity contribution in [1.82, 2.24) is 14.5 Å². The maximum atomic E-state index is 11.3. The zero-order valence-corrected chi connectivity index (χ0v) is 12.5. The normalized spacial score (nSPS) is 10.8. The van der Waals surface area contributed by atoms with Gasteiger partial charge < -0.3 is 14.4 Å². The van der Waals surface area contributed by atoms with Gasteiger partial charge in [-0.05, 0) is 24.3 Å². The van der Waals surface area contributed by atoms with Crippen molar-refractivity contribution < 1.29 is 14.6 Å². The number of hydrogen-bond acceptors (Lipinski definition) is 4. The highest BCUT2D eigenvalue weighted by molar-refractivity contribution is 9.10. The molecule has 2 heterocycles. The number of hydrogen-bond donors (Lipinski definition) is 1. The number of imidazole rings is 1. The Morgan fingerprint density at radius 1 is 1.33 bits per heavy atom. The molecular weight excluding hydrogens is 338 g/mol. The Bertz CT molecular complexity index is 845. The number of halogens is 1. The third-order valence-corrected chi connectivity index (χ3v) is 3.48. The van der Waals surface area contributed by atoms with Gasteiger partial charge in [-0.3, -0.25) is 0 Å². The van der Waals surface area contributed by atoms with Crippen molar-refractivity contribution in [2.45, 2.75) is 0 Å². The lowest BCUT2D eigenvalue weighted by atomic mass is 10.2. The minimum atomic E-state index is -1.07. The number of nitrogens with zero attached hydrogens (tertiary/aromatic N) is 3. The van der Waals surface area contributed by atoms with Gasteiger partial charge in [0.2, 0.25) is 5.88 Å². The molecule has 106 valence electrons. The summed E-state index contributed by atoms with van der Waals surface area (Å²) in [7, 11) is 1.86. The zero-order valence-electron chi connectivity index (χ0n) is 10.9. The van der Waals surface area contributed by atoms with Crippen molar-refractivity contribution in [2.75, 3.05) is 0 Å². The number of carbonyl (C=O) groups is 1. The topological polar surface area (TPSA) is 77.2 Å². The van der Waals surface area contributed by atoms with E-state index in [0.29, 0.717) is 9.99 Å². The Balaban J connectivity index is 2.09. The Kier molecular flexibility index (Phi) is 3.34. The van der Waals surface area contributed by atoms with E-state index in [0.717, 1.165) is 5.52 Å². The Morgan fingerprint density at radius 2 is 2.14 bits per heavy atom. The van der Waals surface area contributed by atoms with Crippen LogP contribution in [0.25, 0.3) is 11.0 Å². The van der Waals surface area contributed by atoms with Crippen molar-refractivity contribution >= 4 is 32.9 Å². The van der Waals surface area contributed by atoms with Gasteiger partial charge >= 0.3 is 5.97 Å². The van der Waals surface area contributed by atoms with Crippen LogP contribution in [0.1, 0.15) is 10.4 Å². The fourth-order valence-corrected chi connectivity index (χ4v) is 2.34. The highest BCUT2D eigenvalue weighted by atomic mass is 79.9. The summed E-state index contributed by atoms with van der Waals surface area (Å²) >= 11 is 3.24. The summed E-state index contributed by atoms with van der Waals surface area (Å²) in [6.45, 7) is 0. The lowest BCUT2D eigenvalue weighted by molar-refractivity contribution is 0.0694. The second-order valence-electron chi connectivity index (χ2n) is 4.39. The van der Waals surface area contributed by atoms with E-state index in [1.807, 2.05) is 17.7 Å². The smallest absolute Gasteiger partial charge is 0.339 e. The minimum Gasteiger partial charge on any atom is -0.478 e. The summed E-state index contributed by atoms with van der Waals surface area (Å²) in [6.07, 6.45) is 3.25. The van der Waals surface area contributed by atoms with Gasteiger partial charge in [-0.15, -0.1) is 0 Å². The standard InChI is InChI=1S/C14H10BrN3O3/c1-18-7-17-12-10(18)4-5-16-13(12)21-11-3-2-8(15)6-9(11)14(19)20/h2-7H,1H3,(H,19,20). The number of aromatic carboxylic acids is 1. The number of carboxylic acid groups (broad SMARTS) is 1. The summed E-state index contributed by atoms with van der Waals surface area (Å²) < 4.78 is 8.16. The van der Waals surface area contributed by atoms with E-state index in [9.17, 15) is 9.90 Å². The molecule has 0 fully saturated rings. The number of rotatable bonds is 3. The van der Waals surface area contributed by atoms with Crippen LogP contribution in [-0.4, -0.2) is 25.6 Å². The first-order valence-electron chi connectivity index (χ1n) is 6.03. The van der Waals surface area contributed by atoms with E-state index >= 15 is 0 Å². The lowest BCUT2D eigenvalue weighted by Gasteiger charge is -2.08. The number of fused-ring (bicyclic) bond motifs is 1. The van der Waals surface area contributed by atoms with Crippen LogP contribution >= 0.6 is 15.9 Å². The van der Waals surface area contributed by atoms with Crippen LogP contribution in [-0.2, 0) is 7.05 Å². The predicted octanol–water partition coefficient (Wildman–Crippen LogP) is 3.22. The largest absolute Gasteiger partial charge is 0.478 e. The Labute approximate surface area is 128 Å². The first kappa shape index (κ1) is 13.6. The summed E-state index contributed by atoms with van der Waals surface area (Å²) in [5.74, 6) is -0.575. The first-order valence-corrected chi connectivity index (χ1v) is 6.82. The van der Waals surface area contributed by atoms with Gasteiger partial charge in [0.05, 0.1) is 11.8 Å². The molecule has 3 rings (SSSR count). The fourth-order valence-electron chi connectivity index (χ4n) is 1.97. The summed E-state index contributed by atoms with van der Waals surface area (Å²) in [5, 5.41) is 9.24. The molecule has 3 aromatic rings. The molecule has 21 heavy (non-hydrogen) atoms. The van der Waals surface area contributed by atoms with Gasteiger partial charge in [0, 0.05) is 17.7 Å². The zero-order chi connectivity index (χ0) is 15.0. The van der Waals surface area contributed by atoms with E-state index in [4.69, 9.17) is 4.74 Å². The molecule has 0 unspecified atom stereocenters. The SMILES string of the molecule is Cn1cnc2c(Oc3ccc(Br)cc3C(=O)O)nccc21. The number of benzene rings is 1. The number of ether oxygens (including phenoxy) is 1. The number of aromatic nitrogens is 3. The van der Waals surface area contributed by atoms with E-state index < -0.39 is 5.97 Å². The van der Waals surface area contributed by atoms with E-state index in [-0.39, 0.29) is 17.2 Å². The first-order chi connectivity index (χ1) is 10.1. The molecular formula is C14H10BrN3O3. The predicted molar refractivity (Wildman–Crippen MR) is 79.7 cm³/mol. The molecule has 0 radical (unpaired) electrons. The molecule has 2 aromatic heterocycles. The van der Waals surface area contributed by atoms with Crippen LogP contribution in [0, 0.1) is 0 Å². The van der Waals surface area contributed by atoms with Gasteiger partial charge in [-0.2, -0.15) is 0 Å². The van der Waals surface area contributed by atoms with Crippen LogP contribution in [0.3, 0.4) is 0 Å². The molecule has 0 spiro atoms. The molecule has 1 N–H and O–H groups in total. The molecule has 0 bridgehead atoms. The monoisotopic (exact) mass is 347 g/mol. The van der Waals surface area contributed by atoms with Crippen molar-refractivity contribution in [3.05, 3.63) is 46.8 Å². The number of carboxylic acids is 1. The van der Waals surface area contributed by atoms with Crippen LogP contribution in [0.15, 0.2) is 41.3 Å². The average molecular weight is 348 g/mol. The molecule has 0 aliphatic carbocycles. The highest BCUT2D eigenvalue weighted by Gasteiger charge is 2.15. The maximum absolute atomic E-state index is 11.3. The summed E-state index contributed by atoms with van der Waals surface area (Å²) in [6, 6.07) is 6.59. The highest BCUT2D eigenvalue weighted by Crippen LogP contribution is 2.30.